The highest BCUT2D eigenvalue weighted by molar-refractivity contribution is 5.74. The number of hydrogen-bond acceptors (Lipinski definition) is 9. The van der Waals surface area contributed by atoms with Crippen LogP contribution in [-0.4, -0.2) is 52.4 Å². The van der Waals surface area contributed by atoms with Gasteiger partial charge < -0.3 is 29.2 Å². The van der Waals surface area contributed by atoms with Crippen LogP contribution in [0.3, 0.4) is 0 Å². The lowest BCUT2D eigenvalue weighted by atomic mass is 9.68. The zero-order chi connectivity index (χ0) is 44.3. The van der Waals surface area contributed by atoms with E-state index in [0.717, 1.165) is 39.1 Å². The number of anilines is 1. The van der Waals surface area contributed by atoms with Crippen molar-refractivity contribution in [1.82, 2.24) is 19.5 Å². The zero-order valence-corrected chi connectivity index (χ0v) is 35.9. The van der Waals surface area contributed by atoms with Crippen LogP contribution in [0.25, 0.3) is 11.2 Å². The van der Waals surface area contributed by atoms with Crippen LogP contribution < -0.4 is 20.8 Å². The second-order valence-electron chi connectivity index (χ2n) is 16.1. The number of imidazole rings is 1. The van der Waals surface area contributed by atoms with Gasteiger partial charge in [-0.2, -0.15) is 4.98 Å². The van der Waals surface area contributed by atoms with Gasteiger partial charge in [0, 0.05) is 25.3 Å². The molecule has 1 aliphatic rings. The summed E-state index contributed by atoms with van der Waals surface area (Å²) in [4.78, 5) is 39.8. The number of ether oxygens (including phenoxy) is 4. The van der Waals surface area contributed by atoms with Gasteiger partial charge in [0.2, 0.25) is 5.95 Å². The van der Waals surface area contributed by atoms with Crippen LogP contribution >= 0.6 is 0 Å². The highest BCUT2D eigenvalue weighted by Gasteiger charge is 2.48. The van der Waals surface area contributed by atoms with Gasteiger partial charge in [0.1, 0.15) is 34.4 Å². The third kappa shape index (κ3) is 7.47. The molecule has 0 unspecified atom stereocenters. The number of benzene rings is 6. The molecular formula is C53H49N5O6. The van der Waals surface area contributed by atoms with Crippen molar-refractivity contribution >= 4 is 23.1 Å². The van der Waals surface area contributed by atoms with Crippen LogP contribution in [0, 0.1) is 5.92 Å². The second-order valence-corrected chi connectivity index (χ2v) is 16.1. The van der Waals surface area contributed by atoms with Gasteiger partial charge in [-0.3, -0.25) is 14.6 Å². The first-order chi connectivity index (χ1) is 31.3. The first-order valence-corrected chi connectivity index (χ1v) is 21.4. The highest BCUT2D eigenvalue weighted by atomic mass is 16.5. The van der Waals surface area contributed by atoms with Crippen LogP contribution in [0.5, 0.6) is 11.5 Å². The molecule has 1 fully saturated rings. The molecule has 64 heavy (non-hydrogen) atoms. The number of nitrogens with zero attached hydrogens (tertiary/aromatic N) is 3. The number of carbonyl (C=O) groups is 1. The van der Waals surface area contributed by atoms with Crippen molar-refractivity contribution in [2.45, 2.75) is 42.9 Å². The number of fused-ring (bicyclic) bond motifs is 1. The molecule has 2 aromatic heterocycles. The quantitative estimate of drug-likeness (QED) is 0.0810. The van der Waals surface area contributed by atoms with Crippen LogP contribution in [0.1, 0.15) is 65.0 Å². The molecule has 3 atom stereocenters. The van der Waals surface area contributed by atoms with Crippen molar-refractivity contribution in [3.8, 4) is 11.5 Å². The van der Waals surface area contributed by atoms with E-state index < -0.39 is 28.6 Å². The second kappa shape index (κ2) is 17.7. The number of nitrogen functional groups attached to an aromatic ring is 1. The van der Waals surface area contributed by atoms with Gasteiger partial charge in [-0.25, -0.2) is 4.98 Å². The maximum absolute atomic E-state index is 14.0. The Morgan fingerprint density at radius 3 is 1.59 bits per heavy atom. The maximum Gasteiger partial charge on any atom is 0.302 e. The molecule has 1 aliphatic carbocycles. The van der Waals surface area contributed by atoms with E-state index in [9.17, 15) is 9.59 Å². The Hall–Kier alpha value is -7.50. The molecule has 9 rings (SSSR count). The Balaban J connectivity index is 1.24. The molecule has 322 valence electrons. The van der Waals surface area contributed by atoms with Gasteiger partial charge in [-0.05, 0) is 64.1 Å². The molecule has 11 nitrogen and oxygen atoms in total. The van der Waals surface area contributed by atoms with Crippen molar-refractivity contribution < 1.29 is 23.7 Å². The summed E-state index contributed by atoms with van der Waals surface area (Å²) < 4.78 is 26.9. The monoisotopic (exact) mass is 851 g/mol. The topological polar surface area (TPSA) is 144 Å². The third-order valence-corrected chi connectivity index (χ3v) is 12.5. The first-order valence-electron chi connectivity index (χ1n) is 21.4. The number of rotatable bonds is 14. The normalized spacial score (nSPS) is 16.4. The van der Waals surface area contributed by atoms with Crippen molar-refractivity contribution in [3.63, 3.8) is 0 Å². The molecule has 0 spiro atoms. The fraction of sp³-hybridized carbons (Fsp3) is 0.208. The first kappa shape index (κ1) is 41.8. The number of aromatic nitrogens is 4. The summed E-state index contributed by atoms with van der Waals surface area (Å²) in [6.07, 6.45) is 0.292. The maximum atomic E-state index is 14.0. The minimum Gasteiger partial charge on any atom is -0.497 e. The van der Waals surface area contributed by atoms with Crippen molar-refractivity contribution in [1.29, 1.82) is 0 Å². The third-order valence-electron chi connectivity index (χ3n) is 12.5. The van der Waals surface area contributed by atoms with E-state index in [2.05, 4.69) is 58.1 Å². The fourth-order valence-corrected chi connectivity index (χ4v) is 9.67. The predicted molar refractivity (Wildman–Crippen MR) is 246 cm³/mol. The van der Waals surface area contributed by atoms with Crippen LogP contribution in [0.15, 0.2) is 175 Å². The van der Waals surface area contributed by atoms with Crippen molar-refractivity contribution in [3.05, 3.63) is 219 Å². The molecule has 0 aliphatic heterocycles. The lowest BCUT2D eigenvalue weighted by Gasteiger charge is -2.37. The number of carbonyl (C=O) groups excluding carboxylic acids is 1. The van der Waals surface area contributed by atoms with E-state index in [4.69, 9.17) is 34.6 Å². The Bertz CT molecular complexity index is 2830. The average Bonchev–Trinajstić information content (AvgIpc) is 3.92. The standard InChI is InChI=1S/C53H49N5O6/c1-35(59)64-46-33-43(32-36(46)34-63-53(40-20-12-6-13-21-40,41-22-14-7-15-23-41)42-26-30-45(62-3)31-27-42)58-48-47(49(60)57-51(54)56-48)55-50(58)52(37-16-8-4-9-17-37,38-18-10-5-11-19-38)39-24-28-44(61-2)29-25-39/h4-31,36,43,46H,32-34H2,1-3H3,(H3,54,56,57,60)/t36-,43-,46-/m1/s1. The lowest BCUT2D eigenvalue weighted by molar-refractivity contribution is -0.149. The Labute approximate surface area is 371 Å². The number of hydrogen-bond donors (Lipinski definition) is 2. The van der Waals surface area contributed by atoms with Crippen LogP contribution in [-0.2, 0) is 25.3 Å². The number of nitrogens with one attached hydrogen (secondary N) is 1. The molecule has 0 radical (unpaired) electrons. The molecular weight excluding hydrogens is 803 g/mol. The summed E-state index contributed by atoms with van der Waals surface area (Å²) >= 11 is 0. The average molecular weight is 852 g/mol. The number of aromatic amines is 1. The molecule has 0 saturated heterocycles. The minimum absolute atomic E-state index is 0.0379. The smallest absolute Gasteiger partial charge is 0.302 e. The highest BCUT2D eigenvalue weighted by Crippen LogP contribution is 2.50. The molecule has 0 amide bonds. The number of H-pyrrole nitrogens is 1. The summed E-state index contributed by atoms with van der Waals surface area (Å²) in [6, 6.07) is 56.0. The van der Waals surface area contributed by atoms with E-state index >= 15 is 0 Å². The van der Waals surface area contributed by atoms with Crippen molar-refractivity contribution in [2.24, 2.45) is 5.92 Å². The largest absolute Gasteiger partial charge is 0.497 e. The molecule has 11 heteroatoms. The molecule has 2 heterocycles. The van der Waals surface area contributed by atoms with Gasteiger partial charge in [0.25, 0.3) is 5.56 Å². The van der Waals surface area contributed by atoms with E-state index in [-0.39, 0.29) is 30.0 Å². The Morgan fingerprint density at radius 2 is 1.11 bits per heavy atom. The molecule has 6 aromatic carbocycles. The summed E-state index contributed by atoms with van der Waals surface area (Å²) in [6.45, 7) is 1.63. The van der Waals surface area contributed by atoms with Crippen molar-refractivity contribution in [2.75, 3.05) is 26.6 Å². The zero-order valence-electron chi connectivity index (χ0n) is 35.9. The van der Waals surface area contributed by atoms with E-state index in [1.165, 1.54) is 6.92 Å². The Morgan fingerprint density at radius 1 is 0.656 bits per heavy atom. The summed E-state index contributed by atoms with van der Waals surface area (Å²) in [7, 11) is 3.29. The van der Waals surface area contributed by atoms with Gasteiger partial charge in [-0.1, -0.05) is 146 Å². The summed E-state index contributed by atoms with van der Waals surface area (Å²) in [5.74, 6) is 1.22. The molecule has 0 bridgehead atoms. The summed E-state index contributed by atoms with van der Waals surface area (Å²) in [5, 5.41) is 0. The van der Waals surface area contributed by atoms with E-state index in [1.54, 1.807) is 14.2 Å². The summed E-state index contributed by atoms with van der Waals surface area (Å²) in [5.41, 5.74) is 9.70. The SMILES string of the molecule is COc1ccc(C(OC[C@H]2C[C@@H](n3c(C(c4ccccc4)(c4ccccc4)c4ccc(OC)cc4)nc4c(=O)[nH]c(N)nc43)C[C@H]2OC(C)=O)(c2ccccc2)c2ccccc2)cc1. The molecule has 1 saturated carbocycles. The lowest BCUT2D eigenvalue weighted by Crippen LogP contribution is -2.36. The number of methoxy groups -OCH3 is 2. The number of nitrogens with two attached hydrogens (primary N) is 1. The fourth-order valence-electron chi connectivity index (χ4n) is 9.67. The Kier molecular flexibility index (Phi) is 11.6. The predicted octanol–water partition coefficient (Wildman–Crippen LogP) is 8.99. The number of esters is 1. The van der Waals surface area contributed by atoms with E-state index in [1.807, 2.05) is 121 Å². The van der Waals surface area contributed by atoms with Gasteiger partial charge in [-0.15, -0.1) is 0 Å². The van der Waals surface area contributed by atoms with Gasteiger partial charge >= 0.3 is 5.97 Å². The van der Waals surface area contributed by atoms with E-state index in [0.29, 0.717) is 30.1 Å². The van der Waals surface area contributed by atoms with Crippen LogP contribution in [0.2, 0.25) is 0 Å². The van der Waals surface area contributed by atoms with Gasteiger partial charge in [0.05, 0.1) is 20.8 Å². The van der Waals surface area contributed by atoms with Gasteiger partial charge in [0.15, 0.2) is 11.2 Å². The minimum atomic E-state index is -1.09. The molecule has 8 aromatic rings. The molecule has 3 N–H and O–H groups in total. The van der Waals surface area contributed by atoms with Crippen LogP contribution in [0.4, 0.5) is 5.95 Å².